The highest BCUT2D eigenvalue weighted by Crippen LogP contribution is 2.08. The van der Waals surface area contributed by atoms with Crippen molar-refractivity contribution < 1.29 is 0 Å². The van der Waals surface area contributed by atoms with Gasteiger partial charge in [-0.25, -0.2) is 0 Å². The van der Waals surface area contributed by atoms with Gasteiger partial charge in [0.1, 0.15) is 0 Å². The van der Waals surface area contributed by atoms with Gasteiger partial charge >= 0.3 is 0 Å². The predicted octanol–water partition coefficient (Wildman–Crippen LogP) is 0.994. The van der Waals surface area contributed by atoms with Crippen molar-refractivity contribution in [3.63, 3.8) is 0 Å². The van der Waals surface area contributed by atoms with Crippen LogP contribution in [-0.2, 0) is 13.6 Å². The predicted molar refractivity (Wildman–Crippen MR) is 65.2 cm³/mol. The lowest BCUT2D eigenvalue weighted by molar-refractivity contribution is 0.257. The topological polar surface area (TPSA) is 33.1 Å². The second-order valence-electron chi connectivity index (χ2n) is 4.67. The van der Waals surface area contributed by atoms with Gasteiger partial charge in [0.2, 0.25) is 0 Å². The van der Waals surface area contributed by atoms with Crippen LogP contribution in [0.2, 0.25) is 0 Å². The highest BCUT2D eigenvalue weighted by molar-refractivity contribution is 5.03. The average Bonchev–Trinajstić information content (AvgIpc) is 2.55. The minimum absolute atomic E-state index is 0.652. The maximum Gasteiger partial charge on any atom is 0.0534 e. The van der Waals surface area contributed by atoms with Crippen molar-refractivity contribution in [2.45, 2.75) is 32.4 Å². The molecule has 1 unspecified atom stereocenters. The van der Waals surface area contributed by atoms with Gasteiger partial charge in [-0.05, 0) is 25.9 Å². The van der Waals surface area contributed by atoms with Gasteiger partial charge in [0.25, 0.3) is 0 Å². The minimum atomic E-state index is 0.652. The van der Waals surface area contributed by atoms with Crippen molar-refractivity contribution >= 4 is 0 Å². The molecule has 90 valence electrons. The van der Waals surface area contributed by atoms with E-state index in [4.69, 9.17) is 0 Å². The molecule has 0 spiro atoms. The molecule has 16 heavy (non-hydrogen) atoms. The molecule has 1 atom stereocenters. The molecule has 1 fully saturated rings. The summed E-state index contributed by atoms with van der Waals surface area (Å²) in [5.74, 6) is 0. The van der Waals surface area contributed by atoms with E-state index < -0.39 is 0 Å². The van der Waals surface area contributed by atoms with Crippen molar-refractivity contribution in [1.82, 2.24) is 20.0 Å². The number of nitrogens with one attached hydrogen (secondary N) is 1. The summed E-state index contributed by atoms with van der Waals surface area (Å²) in [6.07, 6.45) is 6.54. The number of aromatic nitrogens is 2. The fourth-order valence-electron chi connectivity index (χ4n) is 2.31. The maximum atomic E-state index is 4.22. The molecule has 0 saturated carbocycles. The summed E-state index contributed by atoms with van der Waals surface area (Å²) in [7, 11) is 1.97. The zero-order chi connectivity index (χ0) is 11.4. The fourth-order valence-corrected chi connectivity index (χ4v) is 2.31. The first-order chi connectivity index (χ1) is 7.78. The Labute approximate surface area is 97.6 Å². The third kappa shape index (κ3) is 3.06. The van der Waals surface area contributed by atoms with Crippen molar-refractivity contribution in [3.05, 3.63) is 18.0 Å². The second-order valence-corrected chi connectivity index (χ2v) is 4.67. The van der Waals surface area contributed by atoms with Gasteiger partial charge in [0, 0.05) is 37.9 Å². The Morgan fingerprint density at radius 1 is 1.56 bits per heavy atom. The molecule has 4 heteroatoms. The highest BCUT2D eigenvalue weighted by Gasteiger charge is 2.16. The Hall–Kier alpha value is -0.870. The zero-order valence-corrected chi connectivity index (χ0v) is 10.3. The summed E-state index contributed by atoms with van der Waals surface area (Å²) in [4.78, 5) is 2.53. The molecule has 0 bridgehead atoms. The summed E-state index contributed by atoms with van der Waals surface area (Å²) in [5.41, 5.74) is 1.32. The minimum Gasteiger partial charge on any atom is -0.313 e. The number of aryl methyl sites for hydroxylation is 1. The molecule has 0 aromatic carbocycles. The van der Waals surface area contributed by atoms with Crippen molar-refractivity contribution in [2.24, 2.45) is 7.05 Å². The first kappa shape index (κ1) is 11.6. The fraction of sp³-hybridized carbons (Fsp3) is 0.750. The van der Waals surface area contributed by atoms with E-state index in [0.717, 1.165) is 19.6 Å². The Morgan fingerprint density at radius 2 is 2.44 bits per heavy atom. The van der Waals surface area contributed by atoms with E-state index in [1.165, 1.54) is 24.9 Å². The SMILES string of the molecule is CCC1CN(Cc2cnn(C)c2)CCCN1. The van der Waals surface area contributed by atoms with Crippen molar-refractivity contribution in [1.29, 1.82) is 0 Å². The normalized spacial score (nSPS) is 23.2. The van der Waals surface area contributed by atoms with E-state index >= 15 is 0 Å². The highest BCUT2D eigenvalue weighted by atomic mass is 15.2. The van der Waals surface area contributed by atoms with Crippen LogP contribution >= 0.6 is 0 Å². The smallest absolute Gasteiger partial charge is 0.0534 e. The third-order valence-electron chi connectivity index (χ3n) is 3.22. The first-order valence-electron chi connectivity index (χ1n) is 6.21. The van der Waals surface area contributed by atoms with Gasteiger partial charge in [-0.15, -0.1) is 0 Å². The van der Waals surface area contributed by atoms with Gasteiger partial charge in [0.05, 0.1) is 6.20 Å². The molecule has 4 nitrogen and oxygen atoms in total. The summed E-state index contributed by atoms with van der Waals surface area (Å²) in [6.45, 7) is 6.79. The Morgan fingerprint density at radius 3 is 3.12 bits per heavy atom. The van der Waals surface area contributed by atoms with Crippen LogP contribution in [0.1, 0.15) is 25.3 Å². The lowest BCUT2D eigenvalue weighted by Crippen LogP contribution is -2.36. The molecular formula is C12H22N4. The lowest BCUT2D eigenvalue weighted by Gasteiger charge is -2.22. The standard InChI is InChI=1S/C12H22N4/c1-3-12-10-16(6-4-5-13-12)9-11-7-14-15(2)8-11/h7-8,12-13H,3-6,9-10H2,1-2H3. The van der Waals surface area contributed by atoms with Crippen LogP contribution in [0.25, 0.3) is 0 Å². The molecule has 1 saturated heterocycles. The summed E-state index contributed by atoms with van der Waals surface area (Å²) < 4.78 is 1.88. The van der Waals surface area contributed by atoms with E-state index in [9.17, 15) is 0 Å². The summed E-state index contributed by atoms with van der Waals surface area (Å²) in [5, 5.41) is 7.81. The number of rotatable bonds is 3. The largest absolute Gasteiger partial charge is 0.313 e. The molecule has 0 aliphatic carbocycles. The molecule has 1 aromatic heterocycles. The van der Waals surface area contributed by atoms with Gasteiger partial charge < -0.3 is 5.32 Å². The number of nitrogens with zero attached hydrogens (tertiary/aromatic N) is 3. The molecule has 1 aromatic rings. The quantitative estimate of drug-likeness (QED) is 0.828. The van der Waals surface area contributed by atoms with Crippen molar-refractivity contribution in [3.8, 4) is 0 Å². The zero-order valence-electron chi connectivity index (χ0n) is 10.3. The molecule has 0 radical (unpaired) electrons. The van der Waals surface area contributed by atoms with Gasteiger partial charge in [-0.3, -0.25) is 9.58 Å². The first-order valence-corrected chi connectivity index (χ1v) is 6.21. The second kappa shape index (κ2) is 5.46. The van der Waals surface area contributed by atoms with Crippen LogP contribution in [0.5, 0.6) is 0 Å². The Balaban J connectivity index is 1.92. The molecular weight excluding hydrogens is 200 g/mol. The van der Waals surface area contributed by atoms with Crippen LogP contribution in [0.15, 0.2) is 12.4 Å². The third-order valence-corrected chi connectivity index (χ3v) is 3.22. The monoisotopic (exact) mass is 222 g/mol. The van der Waals surface area contributed by atoms with Crippen LogP contribution in [0.3, 0.4) is 0 Å². The summed E-state index contributed by atoms with van der Waals surface area (Å²) in [6, 6.07) is 0.652. The average molecular weight is 222 g/mol. The number of hydrogen-bond donors (Lipinski definition) is 1. The summed E-state index contributed by atoms with van der Waals surface area (Å²) >= 11 is 0. The van der Waals surface area contributed by atoms with Crippen LogP contribution < -0.4 is 5.32 Å². The van der Waals surface area contributed by atoms with E-state index in [0.29, 0.717) is 6.04 Å². The lowest BCUT2D eigenvalue weighted by atomic mass is 10.2. The van der Waals surface area contributed by atoms with Gasteiger partial charge in [-0.2, -0.15) is 5.10 Å². The Bertz CT molecular complexity index is 321. The molecule has 1 aliphatic rings. The van der Waals surface area contributed by atoms with Crippen LogP contribution in [-0.4, -0.2) is 40.4 Å². The van der Waals surface area contributed by atoms with E-state index in [-0.39, 0.29) is 0 Å². The Kier molecular flexibility index (Phi) is 3.96. The van der Waals surface area contributed by atoms with E-state index in [2.05, 4.69) is 28.4 Å². The molecule has 0 amide bonds. The van der Waals surface area contributed by atoms with Gasteiger partial charge in [0.15, 0.2) is 0 Å². The molecule has 2 heterocycles. The van der Waals surface area contributed by atoms with Gasteiger partial charge in [-0.1, -0.05) is 6.92 Å². The molecule has 1 N–H and O–H groups in total. The molecule has 1 aliphatic heterocycles. The van der Waals surface area contributed by atoms with E-state index in [1.54, 1.807) is 0 Å². The number of hydrogen-bond acceptors (Lipinski definition) is 3. The van der Waals surface area contributed by atoms with Crippen LogP contribution in [0.4, 0.5) is 0 Å². The van der Waals surface area contributed by atoms with Crippen molar-refractivity contribution in [2.75, 3.05) is 19.6 Å². The maximum absolute atomic E-state index is 4.22. The van der Waals surface area contributed by atoms with Crippen LogP contribution in [0, 0.1) is 0 Å². The van der Waals surface area contributed by atoms with E-state index in [1.807, 2.05) is 17.9 Å². The molecule has 2 rings (SSSR count).